The summed E-state index contributed by atoms with van der Waals surface area (Å²) in [5, 5.41) is 23.4. The van der Waals surface area contributed by atoms with Gasteiger partial charge in [-0.15, -0.1) is 0 Å². The molecule has 0 unspecified atom stereocenters. The van der Waals surface area contributed by atoms with E-state index in [2.05, 4.69) is 68.2 Å². The molecule has 0 spiro atoms. The predicted octanol–water partition coefficient (Wildman–Crippen LogP) is 7.69. The summed E-state index contributed by atoms with van der Waals surface area (Å²) in [6, 6.07) is 13.2. The van der Waals surface area contributed by atoms with Gasteiger partial charge in [0.2, 0.25) is 11.8 Å². The number of hydrogen-bond acceptors (Lipinski definition) is 10. The van der Waals surface area contributed by atoms with Crippen molar-refractivity contribution < 1.29 is 58.7 Å². The number of carbonyl (C=O) groups is 6. The molecule has 4 amide bonds. The number of nitrogens with one attached hydrogen (secondary N) is 4. The fraction of sp³-hybridized carbons (Fsp3) is 0.548. The molecule has 0 radical (unpaired) electrons. The highest BCUT2D eigenvalue weighted by molar-refractivity contribution is 6.01. The molecule has 84 heavy (non-hydrogen) atoms. The van der Waals surface area contributed by atoms with Crippen LogP contribution in [0, 0.1) is 69.0 Å². The maximum absolute atomic E-state index is 14.6. The van der Waals surface area contributed by atoms with Gasteiger partial charge in [0.15, 0.2) is 22.9 Å². The van der Waals surface area contributed by atoms with Crippen LogP contribution in [0.3, 0.4) is 0 Å². The first-order valence-corrected chi connectivity index (χ1v) is 29.1. The molecule has 4 aromatic heterocycles. The van der Waals surface area contributed by atoms with Crippen LogP contribution in [-0.2, 0) is 32.3 Å². The lowest BCUT2D eigenvalue weighted by molar-refractivity contribution is -0.145. The first kappa shape index (κ1) is 61.1. The molecule has 13 rings (SSSR count). The van der Waals surface area contributed by atoms with E-state index < -0.39 is 35.4 Å². The molecule has 14 atom stereocenters. The van der Waals surface area contributed by atoms with E-state index in [1.807, 2.05) is 24.3 Å². The summed E-state index contributed by atoms with van der Waals surface area (Å²) in [6.07, 6.45) is 18.3. The molecular weight excluding hydrogens is 1080 g/mol. The zero-order chi connectivity index (χ0) is 58.2. The molecule has 6 fully saturated rings. The molecule has 0 bridgehead atoms. The summed E-state index contributed by atoms with van der Waals surface area (Å²) in [6.45, 7) is 9.64. The van der Waals surface area contributed by atoms with Crippen LogP contribution in [0.4, 0.5) is 8.78 Å². The number of aromatic amines is 2. The van der Waals surface area contributed by atoms with E-state index in [9.17, 15) is 37.5 Å². The van der Waals surface area contributed by atoms with E-state index in [4.69, 9.17) is 10.2 Å². The molecule has 6 heterocycles. The number of imidazole rings is 2. The van der Waals surface area contributed by atoms with Crippen molar-refractivity contribution in [2.24, 2.45) is 69.0 Å². The van der Waals surface area contributed by atoms with Crippen molar-refractivity contribution in [3.05, 3.63) is 108 Å². The van der Waals surface area contributed by atoms with Crippen LogP contribution in [0.5, 0.6) is 0 Å². The second-order valence-corrected chi connectivity index (χ2v) is 25.5. The SMILES string of the molecule is CN1C(=O)C(F)=C[C@]2(C)[C@H]3CC[C@]4(C)[C@@H](C(=O)NCc5nc6ncccc6[nH]5)CC[C@H]4[C@@H]3CC[C@@H]12.CN1C(=O)C(F)=C[C@]2(C)[C@H]3CC[C@]4(C)[C@@H](C(=O)NCc5nc6ncccc6[nH]5)CC[C@H]4[C@@H]3CC[C@@H]12.O.O.O=C(O)c1ccccc1C(=O)O. The molecule has 2 aliphatic heterocycles. The Balaban J connectivity index is 0.000000166. The number of H-pyrrole nitrogens is 2. The molecule has 10 N–H and O–H groups in total. The Morgan fingerprint density at radius 3 is 1.33 bits per heavy atom. The van der Waals surface area contributed by atoms with Gasteiger partial charge < -0.3 is 51.6 Å². The Bertz CT molecular complexity index is 3160. The molecule has 6 aliphatic carbocycles. The van der Waals surface area contributed by atoms with Gasteiger partial charge in [-0.05, 0) is 172 Å². The summed E-state index contributed by atoms with van der Waals surface area (Å²) in [7, 11) is 3.50. The topological polar surface area (TPSA) is 320 Å². The number of carboxylic acids is 2. The smallest absolute Gasteiger partial charge is 0.336 e. The van der Waals surface area contributed by atoms with Crippen LogP contribution in [-0.4, -0.2) is 123 Å². The third-order valence-corrected chi connectivity index (χ3v) is 21.8. The van der Waals surface area contributed by atoms with Crippen LogP contribution in [0.25, 0.3) is 22.3 Å². The lowest BCUT2D eigenvalue weighted by Gasteiger charge is -2.60. The van der Waals surface area contributed by atoms with Gasteiger partial charge in [-0.25, -0.2) is 38.3 Å². The number of likely N-dealkylation sites (N-methyl/N-ethyl adjacent to an activating group) is 2. The minimum Gasteiger partial charge on any atom is -0.478 e. The van der Waals surface area contributed by atoms with Gasteiger partial charge in [-0.2, -0.15) is 0 Å². The van der Waals surface area contributed by atoms with E-state index in [1.54, 1.807) is 48.4 Å². The first-order valence-electron chi connectivity index (χ1n) is 29.1. The Morgan fingerprint density at radius 1 is 0.571 bits per heavy atom. The first-order chi connectivity index (χ1) is 39.1. The lowest BCUT2D eigenvalue weighted by atomic mass is 9.47. The molecule has 450 valence electrons. The number of pyridine rings is 2. The Kier molecular flexibility index (Phi) is 16.9. The number of amides is 4. The number of halogens is 2. The van der Waals surface area contributed by atoms with E-state index in [0.717, 1.165) is 88.1 Å². The predicted molar refractivity (Wildman–Crippen MR) is 306 cm³/mol. The fourth-order valence-electron chi connectivity index (χ4n) is 17.9. The van der Waals surface area contributed by atoms with Crippen molar-refractivity contribution in [3.8, 4) is 0 Å². The number of carbonyl (C=O) groups excluding carboxylic acids is 4. The van der Waals surface area contributed by atoms with Crippen LogP contribution in [0.2, 0.25) is 0 Å². The maximum Gasteiger partial charge on any atom is 0.336 e. The van der Waals surface area contributed by atoms with E-state index in [-0.39, 0.29) is 79.5 Å². The molecule has 6 saturated carbocycles. The van der Waals surface area contributed by atoms with Gasteiger partial charge in [-0.1, -0.05) is 39.8 Å². The van der Waals surface area contributed by atoms with Crippen molar-refractivity contribution in [3.63, 3.8) is 0 Å². The van der Waals surface area contributed by atoms with Crippen LogP contribution < -0.4 is 10.6 Å². The number of rotatable bonds is 8. The largest absolute Gasteiger partial charge is 0.478 e. The summed E-state index contributed by atoms with van der Waals surface area (Å²) >= 11 is 0. The minimum atomic E-state index is -1.23. The minimum absolute atomic E-state index is 0. The molecule has 5 aromatic rings. The monoisotopic (exact) mass is 1160 g/mol. The normalized spacial score (nSPS) is 33.4. The Morgan fingerprint density at radius 2 is 0.964 bits per heavy atom. The fourth-order valence-corrected chi connectivity index (χ4v) is 17.9. The molecule has 0 saturated heterocycles. The van der Waals surface area contributed by atoms with E-state index >= 15 is 0 Å². The highest BCUT2D eigenvalue weighted by Crippen LogP contribution is 2.67. The lowest BCUT2D eigenvalue weighted by Crippen LogP contribution is -2.60. The molecule has 8 aliphatic rings. The number of carboxylic acid groups (broad SMARTS) is 2. The van der Waals surface area contributed by atoms with Gasteiger partial charge >= 0.3 is 11.9 Å². The number of aromatic carboxylic acids is 2. The second-order valence-electron chi connectivity index (χ2n) is 25.5. The molecule has 22 heteroatoms. The quantitative estimate of drug-likeness (QED) is 0.0871. The van der Waals surface area contributed by atoms with Crippen LogP contribution in [0.15, 0.2) is 84.7 Å². The van der Waals surface area contributed by atoms with Crippen LogP contribution >= 0.6 is 0 Å². The summed E-state index contributed by atoms with van der Waals surface area (Å²) in [5.74, 6) is -0.549. The molecular formula is C62H78F2N10O10. The Hall–Kier alpha value is -7.46. The Labute approximate surface area is 485 Å². The number of aromatic nitrogens is 6. The summed E-state index contributed by atoms with van der Waals surface area (Å²) in [5.41, 5.74) is 1.89. The van der Waals surface area contributed by atoms with Gasteiger partial charge in [0.1, 0.15) is 11.6 Å². The van der Waals surface area contributed by atoms with E-state index in [0.29, 0.717) is 71.5 Å². The van der Waals surface area contributed by atoms with Crippen molar-refractivity contribution in [1.29, 1.82) is 0 Å². The van der Waals surface area contributed by atoms with Gasteiger partial charge in [0, 0.05) is 61.2 Å². The van der Waals surface area contributed by atoms with Gasteiger partial charge in [0.05, 0.1) is 35.2 Å². The highest BCUT2D eigenvalue weighted by Gasteiger charge is 2.64. The number of benzene rings is 1. The number of fused-ring (bicyclic) bond motifs is 12. The van der Waals surface area contributed by atoms with Crippen molar-refractivity contribution in [2.45, 2.75) is 130 Å². The third kappa shape index (κ3) is 10.3. The average molecular weight is 1160 g/mol. The number of hydrogen-bond donors (Lipinski definition) is 6. The maximum atomic E-state index is 14.6. The summed E-state index contributed by atoms with van der Waals surface area (Å²) in [4.78, 5) is 99.5. The van der Waals surface area contributed by atoms with Crippen LogP contribution in [0.1, 0.15) is 137 Å². The highest BCUT2D eigenvalue weighted by atomic mass is 19.1. The van der Waals surface area contributed by atoms with Crippen molar-refractivity contribution >= 4 is 57.9 Å². The molecule has 20 nitrogen and oxygen atoms in total. The standard InChI is InChI=1S/2C27H34FN5O2.C8H6O4.2H2O/c2*1-26-11-10-17-15(6-9-21-27(17,2)13-19(28)25(35)33(21)3)16(26)7-8-18(26)24(34)30-14-22-31-20-5-4-12-29-23(20)32-22;9-7(10)5-3-1-2-4-6(5)8(11)12;;/h2*4-5,12-13,15-18,21H,6-11,14H2,1-3H3,(H,30,34)(H,29,31,32);1-4H,(H,9,10)(H,11,12);2*1H2/t2*15-,16-,17-,18+,21+,26-,27+;;;/m00.../s1. The summed E-state index contributed by atoms with van der Waals surface area (Å²) < 4.78 is 29.2. The number of nitrogens with zero attached hydrogens (tertiary/aromatic N) is 6. The van der Waals surface area contributed by atoms with E-state index in [1.165, 1.54) is 24.3 Å². The second kappa shape index (κ2) is 23.2. The zero-order valence-electron chi connectivity index (χ0n) is 48.4. The third-order valence-electron chi connectivity index (χ3n) is 21.8. The van der Waals surface area contributed by atoms with Gasteiger partial charge in [0.25, 0.3) is 11.8 Å². The van der Waals surface area contributed by atoms with Crippen molar-refractivity contribution in [2.75, 3.05) is 14.1 Å². The molecule has 1 aromatic carbocycles. The average Bonchev–Trinajstić information content (AvgIpc) is 1.40. The zero-order valence-corrected chi connectivity index (χ0v) is 48.4. The van der Waals surface area contributed by atoms with Crippen molar-refractivity contribution in [1.82, 2.24) is 50.3 Å². The van der Waals surface area contributed by atoms with Gasteiger partial charge in [-0.3, -0.25) is 19.2 Å².